The van der Waals surface area contributed by atoms with Crippen LogP contribution in [0.5, 0.6) is 5.75 Å². The Labute approximate surface area is 242 Å². The molecule has 4 rings (SSSR count). The third-order valence-corrected chi connectivity index (χ3v) is 6.72. The lowest BCUT2D eigenvalue weighted by Gasteiger charge is -2.31. The normalized spacial score (nSPS) is 14.0. The Kier molecular flexibility index (Phi) is 9.01. The second-order valence-corrected chi connectivity index (χ2v) is 10.7. The first-order valence-corrected chi connectivity index (χ1v) is 14.0. The average Bonchev–Trinajstić information content (AvgIpc) is 3.33. The molecule has 0 saturated carbocycles. The smallest absolute Gasteiger partial charge is 0.337 e. The van der Waals surface area contributed by atoms with E-state index in [9.17, 15) is 9.59 Å². The molecule has 0 amide bonds. The first-order valence-electron chi connectivity index (χ1n) is 14.0. The Hall–Kier alpha value is -4.33. The number of hydrogen-bond acceptors (Lipinski definition) is 7. The zero-order valence-corrected chi connectivity index (χ0v) is 25.1. The molecule has 1 aromatic heterocycles. The minimum Gasteiger partial charge on any atom is -0.494 e. The third kappa shape index (κ3) is 6.37. The highest BCUT2D eigenvalue weighted by Crippen LogP contribution is 2.44. The number of benzene rings is 2. The maximum absolute atomic E-state index is 13.7. The van der Waals surface area contributed by atoms with E-state index in [2.05, 4.69) is 5.32 Å². The number of allylic oxidation sites excluding steroid dienone is 2. The molecule has 41 heavy (non-hydrogen) atoms. The van der Waals surface area contributed by atoms with Crippen LogP contribution in [-0.2, 0) is 19.1 Å². The molecule has 8 heteroatoms. The van der Waals surface area contributed by atoms with Gasteiger partial charge in [0.2, 0.25) is 0 Å². The summed E-state index contributed by atoms with van der Waals surface area (Å²) < 4.78 is 18.9. The van der Waals surface area contributed by atoms with Crippen molar-refractivity contribution in [3.05, 3.63) is 88.4 Å². The van der Waals surface area contributed by atoms with Gasteiger partial charge in [0.1, 0.15) is 5.75 Å². The molecule has 1 aliphatic heterocycles. The minimum absolute atomic E-state index is 0.345. The number of aromatic nitrogens is 2. The molecule has 1 aliphatic rings. The van der Waals surface area contributed by atoms with Crippen molar-refractivity contribution < 1.29 is 23.8 Å². The highest BCUT2D eigenvalue weighted by Gasteiger charge is 2.41. The quantitative estimate of drug-likeness (QED) is 0.305. The molecule has 0 spiro atoms. The van der Waals surface area contributed by atoms with Gasteiger partial charge in [-0.15, -0.1) is 0 Å². The summed E-state index contributed by atoms with van der Waals surface area (Å²) >= 11 is 0. The van der Waals surface area contributed by atoms with Crippen LogP contribution in [0, 0.1) is 6.92 Å². The van der Waals surface area contributed by atoms with Gasteiger partial charge >= 0.3 is 11.9 Å². The molecule has 8 nitrogen and oxygen atoms in total. The lowest BCUT2D eigenvalue weighted by Crippen LogP contribution is -2.33. The maximum atomic E-state index is 13.7. The van der Waals surface area contributed by atoms with Crippen molar-refractivity contribution in [2.75, 3.05) is 6.61 Å². The predicted octanol–water partition coefficient (Wildman–Crippen LogP) is 6.38. The Balaban J connectivity index is 2.02. The number of carbonyl (C=O) groups excluding carboxylic acids is 2. The predicted molar refractivity (Wildman–Crippen MR) is 159 cm³/mol. The van der Waals surface area contributed by atoms with Crippen molar-refractivity contribution in [3.63, 3.8) is 0 Å². The summed E-state index contributed by atoms with van der Waals surface area (Å²) in [7, 11) is 0. The van der Waals surface area contributed by atoms with Gasteiger partial charge in [-0.05, 0) is 91.3 Å². The van der Waals surface area contributed by atoms with Crippen LogP contribution in [0.2, 0.25) is 0 Å². The fourth-order valence-electron chi connectivity index (χ4n) is 5.08. The molecule has 0 aliphatic carbocycles. The third-order valence-electron chi connectivity index (χ3n) is 6.72. The van der Waals surface area contributed by atoms with E-state index in [-0.39, 0.29) is 12.2 Å². The summed E-state index contributed by atoms with van der Waals surface area (Å²) in [5.41, 5.74) is 5.90. The first-order chi connectivity index (χ1) is 19.5. The Morgan fingerprint density at radius 2 is 1.49 bits per heavy atom. The molecule has 1 N–H and O–H groups in total. The van der Waals surface area contributed by atoms with Crippen LogP contribution in [0.15, 0.2) is 77.3 Å². The zero-order chi connectivity index (χ0) is 29.8. The van der Waals surface area contributed by atoms with Gasteiger partial charge in [-0.2, -0.15) is 5.10 Å². The van der Waals surface area contributed by atoms with E-state index in [1.807, 2.05) is 82.4 Å². The molecule has 0 radical (unpaired) electrons. The van der Waals surface area contributed by atoms with E-state index in [1.54, 1.807) is 32.4 Å². The lowest BCUT2D eigenvalue weighted by atomic mass is 9.79. The molecule has 0 bridgehead atoms. The van der Waals surface area contributed by atoms with Crippen molar-refractivity contribution in [3.8, 4) is 22.7 Å². The highest BCUT2D eigenvalue weighted by atomic mass is 16.5. The number of ether oxygens (including phenoxy) is 3. The highest BCUT2D eigenvalue weighted by molar-refractivity contribution is 6.00. The van der Waals surface area contributed by atoms with Gasteiger partial charge in [-0.25, -0.2) is 14.3 Å². The number of hydrogen-bond donors (Lipinski definition) is 1. The maximum Gasteiger partial charge on any atom is 0.337 e. The van der Waals surface area contributed by atoms with Crippen molar-refractivity contribution in [2.24, 2.45) is 0 Å². The van der Waals surface area contributed by atoms with Crippen molar-refractivity contribution in [1.82, 2.24) is 15.1 Å². The lowest BCUT2D eigenvalue weighted by molar-refractivity contribution is -0.143. The molecule has 216 valence electrons. The van der Waals surface area contributed by atoms with Crippen molar-refractivity contribution in [2.45, 2.75) is 73.5 Å². The molecular formula is C33H39N3O5. The van der Waals surface area contributed by atoms with Crippen LogP contribution < -0.4 is 10.1 Å². The number of nitrogens with zero attached hydrogens (tertiary/aromatic N) is 2. The van der Waals surface area contributed by atoms with Gasteiger partial charge in [0.25, 0.3) is 0 Å². The molecule has 0 fully saturated rings. The second kappa shape index (κ2) is 12.5. The van der Waals surface area contributed by atoms with Gasteiger partial charge in [0.15, 0.2) is 0 Å². The average molecular weight is 558 g/mol. The summed E-state index contributed by atoms with van der Waals surface area (Å²) in [4.78, 5) is 27.3. The van der Waals surface area contributed by atoms with Crippen LogP contribution in [0.1, 0.15) is 65.5 Å². The molecule has 2 heterocycles. The summed E-state index contributed by atoms with van der Waals surface area (Å²) in [6.07, 6.45) is 1.20. The molecule has 2 aromatic carbocycles. The molecule has 0 saturated heterocycles. The fraction of sp³-hybridized carbons (Fsp3) is 0.364. The molecule has 0 unspecified atom stereocenters. The van der Waals surface area contributed by atoms with E-state index in [1.165, 1.54) is 0 Å². The van der Waals surface area contributed by atoms with Gasteiger partial charge in [-0.1, -0.05) is 18.2 Å². The number of dihydropyridines is 1. The number of aryl methyl sites for hydroxylation is 1. The van der Waals surface area contributed by atoms with Crippen LogP contribution >= 0.6 is 0 Å². The van der Waals surface area contributed by atoms with Crippen LogP contribution in [0.4, 0.5) is 0 Å². The number of nitrogens with one attached hydrogen (secondary N) is 1. The second-order valence-electron chi connectivity index (χ2n) is 10.7. The minimum atomic E-state index is -0.785. The van der Waals surface area contributed by atoms with E-state index in [0.717, 1.165) is 22.6 Å². The summed E-state index contributed by atoms with van der Waals surface area (Å²) in [5, 5.41) is 8.26. The number of para-hydroxylation sites is 1. The fourth-order valence-corrected chi connectivity index (χ4v) is 5.08. The van der Waals surface area contributed by atoms with Crippen LogP contribution in [0.3, 0.4) is 0 Å². The molecule has 0 atom stereocenters. The Morgan fingerprint density at radius 3 is 2.00 bits per heavy atom. The van der Waals surface area contributed by atoms with Gasteiger partial charge in [-0.3, -0.25) is 0 Å². The monoisotopic (exact) mass is 557 g/mol. The van der Waals surface area contributed by atoms with E-state index < -0.39 is 17.9 Å². The first kappa shape index (κ1) is 29.6. The summed E-state index contributed by atoms with van der Waals surface area (Å²) in [6, 6.07) is 15.6. The SMILES string of the molecule is CCOc1ccc(-c2nn(-c3ccccc3)cc2C2C(C(=O)OC(C)C)=C(C)NC(C)=C2C(=O)OC(C)C)c(C)c1. The number of rotatable bonds is 9. The molecular weight excluding hydrogens is 518 g/mol. The molecule has 3 aromatic rings. The Bertz CT molecular complexity index is 1450. The zero-order valence-electron chi connectivity index (χ0n) is 25.1. The van der Waals surface area contributed by atoms with Gasteiger partial charge in [0.05, 0.1) is 47.3 Å². The van der Waals surface area contributed by atoms with Crippen molar-refractivity contribution in [1.29, 1.82) is 0 Å². The van der Waals surface area contributed by atoms with E-state index in [0.29, 0.717) is 40.4 Å². The summed E-state index contributed by atoms with van der Waals surface area (Å²) in [5.74, 6) is -1.03. The largest absolute Gasteiger partial charge is 0.494 e. The standard InChI is InChI=1S/C33H39N3O5/c1-9-39-25-15-16-26(21(6)17-25)31-27(18-36(35-31)24-13-11-10-12-14-24)30-28(32(37)40-19(2)3)22(7)34-23(8)29(30)33(38)41-20(4)5/h10-20,30,34H,9H2,1-8H3. The van der Waals surface area contributed by atoms with Crippen LogP contribution in [-0.4, -0.2) is 40.5 Å². The van der Waals surface area contributed by atoms with E-state index >= 15 is 0 Å². The summed E-state index contributed by atoms with van der Waals surface area (Å²) in [6.45, 7) is 15.3. The van der Waals surface area contributed by atoms with Gasteiger partial charge in [0, 0.05) is 28.7 Å². The Morgan fingerprint density at radius 1 is 0.902 bits per heavy atom. The number of esters is 2. The topological polar surface area (TPSA) is 91.7 Å². The van der Waals surface area contributed by atoms with Crippen molar-refractivity contribution >= 4 is 11.9 Å². The van der Waals surface area contributed by atoms with Gasteiger partial charge < -0.3 is 19.5 Å². The van der Waals surface area contributed by atoms with E-state index in [4.69, 9.17) is 19.3 Å². The number of carbonyl (C=O) groups is 2. The van der Waals surface area contributed by atoms with Crippen LogP contribution in [0.25, 0.3) is 16.9 Å².